The third-order valence-electron chi connectivity index (χ3n) is 2.45. The van der Waals surface area contributed by atoms with E-state index in [1.807, 2.05) is 12.1 Å². The Labute approximate surface area is 110 Å². The van der Waals surface area contributed by atoms with Gasteiger partial charge in [0, 0.05) is 11.6 Å². The minimum Gasteiger partial charge on any atom is -0.313 e. The first-order valence-electron chi connectivity index (χ1n) is 5.78. The predicted octanol–water partition coefficient (Wildman–Crippen LogP) is 4.43. The normalized spacial score (nSPS) is 9.88. The van der Waals surface area contributed by atoms with Gasteiger partial charge in [0.05, 0.1) is 0 Å². The van der Waals surface area contributed by atoms with Crippen LogP contribution in [0.3, 0.4) is 0 Å². The van der Waals surface area contributed by atoms with E-state index in [0.29, 0.717) is 0 Å². The number of unbranched alkanes of at least 4 members (excludes halogenated alkanes) is 3. The van der Waals surface area contributed by atoms with Crippen molar-refractivity contribution in [2.75, 3.05) is 6.54 Å². The van der Waals surface area contributed by atoms with Gasteiger partial charge in [0.2, 0.25) is 0 Å². The van der Waals surface area contributed by atoms with Crippen molar-refractivity contribution in [1.82, 2.24) is 5.32 Å². The molecule has 3 heteroatoms. The highest BCUT2D eigenvalue weighted by Gasteiger charge is 1.92. The van der Waals surface area contributed by atoms with Crippen LogP contribution in [0, 0.1) is 0 Å². The van der Waals surface area contributed by atoms with Crippen LogP contribution in [-0.4, -0.2) is 6.54 Å². The molecule has 0 saturated heterocycles. The average Bonchev–Trinajstić information content (AvgIpc) is 2.26. The minimum atomic E-state index is 0. The summed E-state index contributed by atoms with van der Waals surface area (Å²) >= 11 is 5.81. The van der Waals surface area contributed by atoms with Crippen LogP contribution >= 0.6 is 24.0 Å². The van der Waals surface area contributed by atoms with Crippen LogP contribution in [0.4, 0.5) is 0 Å². The smallest absolute Gasteiger partial charge is 0.0406 e. The van der Waals surface area contributed by atoms with Crippen LogP contribution in [-0.2, 0) is 6.54 Å². The molecule has 0 atom stereocenters. The lowest BCUT2D eigenvalue weighted by Crippen LogP contribution is -2.14. The minimum absolute atomic E-state index is 0. The highest BCUT2D eigenvalue weighted by Crippen LogP contribution is 2.09. The van der Waals surface area contributed by atoms with Crippen molar-refractivity contribution < 1.29 is 0 Å². The summed E-state index contributed by atoms with van der Waals surface area (Å²) in [6, 6.07) is 8.02. The summed E-state index contributed by atoms with van der Waals surface area (Å²) in [4.78, 5) is 0. The summed E-state index contributed by atoms with van der Waals surface area (Å²) in [5.41, 5.74) is 1.30. The van der Waals surface area contributed by atoms with Crippen molar-refractivity contribution in [3.63, 3.8) is 0 Å². The lowest BCUT2D eigenvalue weighted by molar-refractivity contribution is 0.598. The Bertz CT molecular complexity index is 259. The van der Waals surface area contributed by atoms with Crippen molar-refractivity contribution in [3.8, 4) is 0 Å². The fourth-order valence-electron chi connectivity index (χ4n) is 1.51. The second kappa shape index (κ2) is 9.95. The Hall–Kier alpha value is -0.240. The van der Waals surface area contributed by atoms with Gasteiger partial charge < -0.3 is 5.32 Å². The number of halogens is 2. The molecule has 1 nitrogen and oxygen atoms in total. The maximum absolute atomic E-state index is 5.81. The summed E-state index contributed by atoms with van der Waals surface area (Å²) in [6.45, 7) is 4.30. The van der Waals surface area contributed by atoms with E-state index in [9.17, 15) is 0 Å². The molecule has 0 spiro atoms. The Kier molecular flexibility index (Phi) is 9.80. The Morgan fingerprint density at radius 1 is 1.06 bits per heavy atom. The molecule has 0 aliphatic heterocycles. The molecule has 0 fully saturated rings. The number of rotatable bonds is 7. The van der Waals surface area contributed by atoms with Crippen molar-refractivity contribution in [3.05, 3.63) is 34.9 Å². The van der Waals surface area contributed by atoms with Gasteiger partial charge in [-0.15, -0.1) is 12.4 Å². The van der Waals surface area contributed by atoms with E-state index in [0.717, 1.165) is 18.1 Å². The van der Waals surface area contributed by atoms with Crippen molar-refractivity contribution in [2.45, 2.75) is 39.2 Å². The van der Waals surface area contributed by atoms with Gasteiger partial charge in [0.15, 0.2) is 0 Å². The van der Waals surface area contributed by atoms with E-state index in [1.54, 1.807) is 0 Å². The molecule has 0 heterocycles. The number of benzene rings is 1. The quantitative estimate of drug-likeness (QED) is 0.717. The lowest BCUT2D eigenvalue weighted by Gasteiger charge is -2.04. The standard InChI is InChI=1S/C13H20ClN.ClH/c1-2-3-4-5-10-15-11-12-6-8-13(14)9-7-12;/h6-9,15H,2-5,10-11H2,1H3;1H. The zero-order valence-corrected chi connectivity index (χ0v) is 11.4. The largest absolute Gasteiger partial charge is 0.313 e. The molecular formula is C13H21Cl2N. The molecule has 1 N–H and O–H groups in total. The summed E-state index contributed by atoms with van der Waals surface area (Å²) in [5, 5.41) is 4.24. The first kappa shape index (κ1) is 15.8. The van der Waals surface area contributed by atoms with Crippen LogP contribution in [0.5, 0.6) is 0 Å². The Balaban J connectivity index is 0.00000225. The zero-order valence-electron chi connectivity index (χ0n) is 9.84. The molecule has 0 aromatic heterocycles. The van der Waals surface area contributed by atoms with Gasteiger partial charge in [0.25, 0.3) is 0 Å². The SMILES string of the molecule is CCCCCCNCc1ccc(Cl)cc1.Cl. The number of nitrogens with one attached hydrogen (secondary N) is 1. The summed E-state index contributed by atoms with van der Waals surface area (Å²) in [6.07, 6.45) is 5.27. The molecular weight excluding hydrogens is 241 g/mol. The molecule has 0 saturated carbocycles. The van der Waals surface area contributed by atoms with E-state index in [4.69, 9.17) is 11.6 Å². The first-order valence-corrected chi connectivity index (χ1v) is 6.16. The van der Waals surface area contributed by atoms with Gasteiger partial charge in [-0.05, 0) is 30.7 Å². The molecule has 0 radical (unpaired) electrons. The topological polar surface area (TPSA) is 12.0 Å². The van der Waals surface area contributed by atoms with E-state index in [2.05, 4.69) is 24.4 Å². The second-order valence-corrected chi connectivity index (χ2v) is 4.30. The summed E-state index contributed by atoms with van der Waals surface area (Å²) in [7, 11) is 0. The zero-order chi connectivity index (χ0) is 10.9. The van der Waals surface area contributed by atoms with Gasteiger partial charge in [-0.1, -0.05) is 49.9 Å². The maximum atomic E-state index is 5.81. The highest BCUT2D eigenvalue weighted by atomic mass is 35.5. The van der Waals surface area contributed by atoms with E-state index < -0.39 is 0 Å². The summed E-state index contributed by atoms with van der Waals surface area (Å²) in [5.74, 6) is 0. The summed E-state index contributed by atoms with van der Waals surface area (Å²) < 4.78 is 0. The molecule has 1 aromatic carbocycles. The van der Waals surface area contributed by atoms with Crippen LogP contribution in [0.15, 0.2) is 24.3 Å². The van der Waals surface area contributed by atoms with E-state index in [-0.39, 0.29) is 12.4 Å². The van der Waals surface area contributed by atoms with Gasteiger partial charge in [0.1, 0.15) is 0 Å². The highest BCUT2D eigenvalue weighted by molar-refractivity contribution is 6.30. The lowest BCUT2D eigenvalue weighted by atomic mass is 10.2. The molecule has 0 aliphatic carbocycles. The first-order chi connectivity index (χ1) is 7.33. The van der Waals surface area contributed by atoms with Crippen LogP contribution < -0.4 is 5.32 Å². The Morgan fingerprint density at radius 3 is 2.38 bits per heavy atom. The molecule has 92 valence electrons. The molecule has 0 amide bonds. The molecule has 0 aliphatic rings. The molecule has 0 bridgehead atoms. The average molecular weight is 262 g/mol. The van der Waals surface area contributed by atoms with Crippen molar-refractivity contribution in [1.29, 1.82) is 0 Å². The number of hydrogen-bond donors (Lipinski definition) is 1. The van der Waals surface area contributed by atoms with Crippen molar-refractivity contribution >= 4 is 24.0 Å². The van der Waals surface area contributed by atoms with E-state index in [1.165, 1.54) is 31.2 Å². The van der Waals surface area contributed by atoms with Gasteiger partial charge in [-0.2, -0.15) is 0 Å². The second-order valence-electron chi connectivity index (χ2n) is 3.86. The van der Waals surface area contributed by atoms with Crippen LogP contribution in [0.2, 0.25) is 5.02 Å². The van der Waals surface area contributed by atoms with Gasteiger partial charge in [-0.25, -0.2) is 0 Å². The third-order valence-corrected chi connectivity index (χ3v) is 2.70. The van der Waals surface area contributed by atoms with Gasteiger partial charge in [-0.3, -0.25) is 0 Å². The van der Waals surface area contributed by atoms with Crippen LogP contribution in [0.1, 0.15) is 38.2 Å². The maximum Gasteiger partial charge on any atom is 0.0406 e. The fraction of sp³-hybridized carbons (Fsp3) is 0.538. The molecule has 1 rings (SSSR count). The molecule has 16 heavy (non-hydrogen) atoms. The van der Waals surface area contributed by atoms with Gasteiger partial charge >= 0.3 is 0 Å². The monoisotopic (exact) mass is 261 g/mol. The predicted molar refractivity (Wildman–Crippen MR) is 74.5 cm³/mol. The van der Waals surface area contributed by atoms with Crippen molar-refractivity contribution in [2.24, 2.45) is 0 Å². The van der Waals surface area contributed by atoms with Crippen LogP contribution in [0.25, 0.3) is 0 Å². The fourth-order valence-corrected chi connectivity index (χ4v) is 1.64. The number of hydrogen-bond acceptors (Lipinski definition) is 1. The Morgan fingerprint density at radius 2 is 1.75 bits per heavy atom. The molecule has 0 unspecified atom stereocenters. The molecule has 1 aromatic rings. The van der Waals surface area contributed by atoms with E-state index >= 15 is 0 Å². The third kappa shape index (κ3) is 7.10.